The number of rotatable bonds is 1. The molecule has 0 unspecified atom stereocenters. The zero-order chi connectivity index (χ0) is 9.97. The fourth-order valence-electron chi connectivity index (χ4n) is 1.40. The standard InChI is InChI=1S/C13H9N/c1-3-10-9-11-7-5-6-8-13(11)14-12(10)4-2/h2-3,5-9H,1H2. The van der Waals surface area contributed by atoms with Crippen molar-refractivity contribution in [3.8, 4) is 12.3 Å². The second-order valence-electron chi connectivity index (χ2n) is 2.97. The van der Waals surface area contributed by atoms with Gasteiger partial charge in [0.25, 0.3) is 0 Å². The molecule has 0 radical (unpaired) electrons. The van der Waals surface area contributed by atoms with E-state index in [0.29, 0.717) is 5.69 Å². The van der Waals surface area contributed by atoms with Crippen LogP contribution in [0.4, 0.5) is 0 Å². The molecule has 14 heavy (non-hydrogen) atoms. The van der Waals surface area contributed by atoms with Gasteiger partial charge in [0.2, 0.25) is 0 Å². The maximum Gasteiger partial charge on any atom is 0.120 e. The number of nitrogens with zero attached hydrogens (tertiary/aromatic N) is 1. The second-order valence-corrected chi connectivity index (χ2v) is 2.97. The predicted molar refractivity (Wildman–Crippen MR) is 59.8 cm³/mol. The van der Waals surface area contributed by atoms with Crippen LogP contribution < -0.4 is 0 Å². The Morgan fingerprint density at radius 1 is 1.36 bits per heavy atom. The van der Waals surface area contributed by atoms with Crippen LogP contribution in [-0.4, -0.2) is 4.98 Å². The third kappa shape index (κ3) is 1.27. The number of terminal acetylenes is 1. The first-order chi connectivity index (χ1) is 6.85. The van der Waals surface area contributed by atoms with Gasteiger partial charge in [-0.1, -0.05) is 30.9 Å². The van der Waals surface area contributed by atoms with Crippen LogP contribution in [0.3, 0.4) is 0 Å². The lowest BCUT2D eigenvalue weighted by Gasteiger charge is -2.01. The van der Waals surface area contributed by atoms with E-state index in [2.05, 4.69) is 17.5 Å². The number of pyridine rings is 1. The highest BCUT2D eigenvalue weighted by molar-refractivity contribution is 5.82. The van der Waals surface area contributed by atoms with E-state index >= 15 is 0 Å². The Balaban J connectivity index is 2.83. The summed E-state index contributed by atoms with van der Waals surface area (Å²) in [7, 11) is 0. The van der Waals surface area contributed by atoms with Crippen molar-refractivity contribution in [3.05, 3.63) is 48.2 Å². The molecule has 0 atom stereocenters. The van der Waals surface area contributed by atoms with E-state index in [1.807, 2.05) is 30.3 Å². The van der Waals surface area contributed by atoms with E-state index in [4.69, 9.17) is 6.42 Å². The normalized spacial score (nSPS) is 9.64. The molecule has 0 N–H and O–H groups in total. The Labute approximate surface area is 83.1 Å². The van der Waals surface area contributed by atoms with E-state index in [1.54, 1.807) is 6.08 Å². The monoisotopic (exact) mass is 179 g/mol. The van der Waals surface area contributed by atoms with Gasteiger partial charge in [-0.05, 0) is 18.1 Å². The Hall–Kier alpha value is -2.07. The quantitative estimate of drug-likeness (QED) is 0.613. The minimum Gasteiger partial charge on any atom is -0.239 e. The van der Waals surface area contributed by atoms with Crippen LogP contribution in [0, 0.1) is 12.3 Å². The number of benzene rings is 1. The number of hydrogen-bond donors (Lipinski definition) is 0. The Morgan fingerprint density at radius 2 is 2.14 bits per heavy atom. The van der Waals surface area contributed by atoms with Gasteiger partial charge in [-0.3, -0.25) is 0 Å². The molecule has 1 heterocycles. The van der Waals surface area contributed by atoms with Crippen molar-refractivity contribution in [2.24, 2.45) is 0 Å². The van der Waals surface area contributed by atoms with Crippen molar-refractivity contribution < 1.29 is 0 Å². The maximum absolute atomic E-state index is 5.36. The third-order valence-electron chi connectivity index (χ3n) is 2.11. The molecule has 0 aliphatic carbocycles. The molecule has 1 aromatic carbocycles. The molecule has 0 amide bonds. The van der Waals surface area contributed by atoms with Gasteiger partial charge < -0.3 is 0 Å². The van der Waals surface area contributed by atoms with Crippen LogP contribution in [0.1, 0.15) is 11.3 Å². The van der Waals surface area contributed by atoms with Crippen LogP contribution in [-0.2, 0) is 0 Å². The molecule has 0 saturated carbocycles. The largest absolute Gasteiger partial charge is 0.239 e. The molecule has 0 bridgehead atoms. The fraction of sp³-hybridized carbons (Fsp3) is 0. The summed E-state index contributed by atoms with van der Waals surface area (Å²) in [4.78, 5) is 4.36. The molecular formula is C13H9N. The van der Waals surface area contributed by atoms with E-state index < -0.39 is 0 Å². The average Bonchev–Trinajstić information content (AvgIpc) is 2.27. The summed E-state index contributed by atoms with van der Waals surface area (Å²) >= 11 is 0. The number of aromatic nitrogens is 1. The molecule has 2 aromatic rings. The molecule has 1 aromatic heterocycles. The summed E-state index contributed by atoms with van der Waals surface area (Å²) < 4.78 is 0. The second kappa shape index (κ2) is 3.35. The van der Waals surface area contributed by atoms with Crippen LogP contribution >= 0.6 is 0 Å². The molecule has 0 aliphatic rings. The minimum atomic E-state index is 0.652. The van der Waals surface area contributed by atoms with E-state index in [0.717, 1.165) is 16.5 Å². The Morgan fingerprint density at radius 3 is 2.86 bits per heavy atom. The van der Waals surface area contributed by atoms with E-state index in [9.17, 15) is 0 Å². The highest BCUT2D eigenvalue weighted by atomic mass is 14.7. The number of fused-ring (bicyclic) bond motifs is 1. The van der Waals surface area contributed by atoms with Gasteiger partial charge in [0.15, 0.2) is 0 Å². The highest BCUT2D eigenvalue weighted by Gasteiger charge is 2.00. The maximum atomic E-state index is 5.36. The first-order valence-corrected chi connectivity index (χ1v) is 4.34. The van der Waals surface area contributed by atoms with Gasteiger partial charge in [-0.2, -0.15) is 0 Å². The highest BCUT2D eigenvalue weighted by Crippen LogP contribution is 2.16. The lowest BCUT2D eigenvalue weighted by atomic mass is 10.1. The summed E-state index contributed by atoms with van der Waals surface area (Å²) in [5.41, 5.74) is 2.48. The first-order valence-electron chi connectivity index (χ1n) is 4.34. The fourth-order valence-corrected chi connectivity index (χ4v) is 1.40. The molecule has 1 heteroatoms. The smallest absolute Gasteiger partial charge is 0.120 e. The van der Waals surface area contributed by atoms with Gasteiger partial charge in [0, 0.05) is 10.9 Å². The molecule has 0 saturated heterocycles. The minimum absolute atomic E-state index is 0.652. The Kier molecular flexibility index (Phi) is 2.04. The van der Waals surface area contributed by atoms with Crippen molar-refractivity contribution in [1.29, 1.82) is 0 Å². The van der Waals surface area contributed by atoms with Crippen molar-refractivity contribution >= 4 is 17.0 Å². The molecule has 1 nitrogen and oxygen atoms in total. The summed E-state index contributed by atoms with van der Waals surface area (Å²) in [5, 5.41) is 1.08. The third-order valence-corrected chi connectivity index (χ3v) is 2.11. The Bertz CT molecular complexity index is 532. The van der Waals surface area contributed by atoms with Gasteiger partial charge in [0.05, 0.1) is 5.52 Å². The summed E-state index contributed by atoms with van der Waals surface area (Å²) in [5.74, 6) is 2.56. The zero-order valence-electron chi connectivity index (χ0n) is 7.70. The zero-order valence-corrected chi connectivity index (χ0v) is 7.70. The first kappa shape index (κ1) is 8.52. The van der Waals surface area contributed by atoms with Crippen molar-refractivity contribution in [2.75, 3.05) is 0 Å². The van der Waals surface area contributed by atoms with E-state index in [1.165, 1.54) is 0 Å². The van der Waals surface area contributed by atoms with Gasteiger partial charge in [-0.15, -0.1) is 6.42 Å². The van der Waals surface area contributed by atoms with Crippen molar-refractivity contribution in [1.82, 2.24) is 4.98 Å². The van der Waals surface area contributed by atoms with Crippen LogP contribution in [0.5, 0.6) is 0 Å². The molecule has 2 rings (SSSR count). The summed E-state index contributed by atoms with van der Waals surface area (Å²) in [6, 6.07) is 9.89. The molecule has 0 aliphatic heterocycles. The summed E-state index contributed by atoms with van der Waals surface area (Å²) in [6.07, 6.45) is 7.09. The van der Waals surface area contributed by atoms with Gasteiger partial charge >= 0.3 is 0 Å². The van der Waals surface area contributed by atoms with Crippen LogP contribution in [0.2, 0.25) is 0 Å². The van der Waals surface area contributed by atoms with Crippen molar-refractivity contribution in [2.45, 2.75) is 0 Å². The molecule has 0 spiro atoms. The van der Waals surface area contributed by atoms with Crippen LogP contribution in [0.15, 0.2) is 36.9 Å². The number of para-hydroxylation sites is 1. The molecular weight excluding hydrogens is 170 g/mol. The number of hydrogen-bond acceptors (Lipinski definition) is 1. The van der Waals surface area contributed by atoms with Gasteiger partial charge in [-0.25, -0.2) is 4.98 Å². The summed E-state index contributed by atoms with van der Waals surface area (Å²) in [6.45, 7) is 3.71. The molecule has 0 fully saturated rings. The van der Waals surface area contributed by atoms with E-state index in [-0.39, 0.29) is 0 Å². The SMILES string of the molecule is C#Cc1nc2ccccc2cc1C=C. The lowest BCUT2D eigenvalue weighted by Crippen LogP contribution is -1.88. The van der Waals surface area contributed by atoms with Crippen LogP contribution in [0.25, 0.3) is 17.0 Å². The molecule has 66 valence electrons. The predicted octanol–water partition coefficient (Wildman–Crippen LogP) is 2.86. The average molecular weight is 179 g/mol. The lowest BCUT2D eigenvalue weighted by molar-refractivity contribution is 1.35. The van der Waals surface area contributed by atoms with Gasteiger partial charge in [0.1, 0.15) is 5.69 Å². The topological polar surface area (TPSA) is 12.9 Å². The van der Waals surface area contributed by atoms with Crippen molar-refractivity contribution in [3.63, 3.8) is 0 Å².